The second-order valence-corrected chi connectivity index (χ2v) is 20.3. The molecule has 3 unspecified atom stereocenters. The highest BCUT2D eigenvalue weighted by molar-refractivity contribution is 6.17. The van der Waals surface area contributed by atoms with Gasteiger partial charge in [0.05, 0.1) is 77.8 Å². The summed E-state index contributed by atoms with van der Waals surface area (Å²) >= 11 is 0. The Morgan fingerprint density at radius 3 is 0.944 bits per heavy atom. The van der Waals surface area contributed by atoms with Crippen LogP contribution >= 0.6 is 0 Å². The van der Waals surface area contributed by atoms with Gasteiger partial charge in [-0.25, -0.2) is 0 Å². The van der Waals surface area contributed by atoms with Crippen LogP contribution in [0.15, 0.2) is 59.3 Å². The number of amides is 15. The predicted octanol–water partition coefficient (Wildman–Crippen LogP) is -6.17. The first kappa shape index (κ1) is 72.9. The van der Waals surface area contributed by atoms with Gasteiger partial charge in [0.25, 0.3) is 59.1 Å². The summed E-state index contributed by atoms with van der Waals surface area (Å²) in [6.07, 6.45) is 3.29. The zero-order chi connectivity index (χ0) is 65.6. The van der Waals surface area contributed by atoms with E-state index in [1.807, 2.05) is 0 Å². The molecule has 0 fully saturated rings. The lowest BCUT2D eigenvalue weighted by molar-refractivity contribution is -0.139. The van der Waals surface area contributed by atoms with Crippen molar-refractivity contribution in [1.82, 2.24) is 51.1 Å². The van der Waals surface area contributed by atoms with Gasteiger partial charge in [-0.1, -0.05) is 0 Å². The fraction of sp³-hybridized carbons (Fsp3) is 0.554. The summed E-state index contributed by atoms with van der Waals surface area (Å²) in [5.41, 5.74) is 0.815. The van der Waals surface area contributed by atoms with Gasteiger partial charge in [0, 0.05) is 157 Å². The smallest absolute Gasteiger partial charge is 0.256 e. The van der Waals surface area contributed by atoms with Gasteiger partial charge in [0.1, 0.15) is 6.10 Å². The van der Waals surface area contributed by atoms with Crippen LogP contribution in [0.2, 0.25) is 0 Å². The number of imide groups is 5. The van der Waals surface area contributed by atoms with Gasteiger partial charge in [-0.05, 0) is 20.8 Å². The molecule has 0 aromatic heterocycles. The van der Waals surface area contributed by atoms with Gasteiger partial charge < -0.3 is 65.6 Å². The molecule has 0 saturated carbocycles. The summed E-state index contributed by atoms with van der Waals surface area (Å²) in [6.45, 7) is 3.94. The van der Waals surface area contributed by atoms with Crippen molar-refractivity contribution in [3.63, 3.8) is 0 Å². The molecule has 5 aliphatic rings. The summed E-state index contributed by atoms with van der Waals surface area (Å²) in [6, 6.07) is 0. The highest BCUT2D eigenvalue weighted by atomic mass is 16.6. The summed E-state index contributed by atoms with van der Waals surface area (Å²) in [4.78, 5) is 182. The average Bonchev–Trinajstić information content (AvgIpc) is 4.16. The molecule has 0 bridgehead atoms. The Morgan fingerprint density at radius 2 is 0.652 bits per heavy atom. The van der Waals surface area contributed by atoms with Crippen LogP contribution < -0.4 is 26.6 Å². The lowest BCUT2D eigenvalue weighted by Crippen LogP contribution is -2.40. The normalized spacial score (nSPS) is 16.9. The van der Waals surface area contributed by atoms with E-state index in [-0.39, 0.29) is 172 Å². The van der Waals surface area contributed by atoms with Crippen LogP contribution in [0.5, 0.6) is 0 Å². The minimum absolute atomic E-state index is 0.0233. The van der Waals surface area contributed by atoms with E-state index < -0.39 is 101 Å². The molecular weight excluding hydrogens is 1180 g/mol. The molecule has 0 radical (unpaired) electrons. The van der Waals surface area contributed by atoms with Gasteiger partial charge in [0.15, 0.2) is 0 Å². The molecule has 15 amide bonds. The molecule has 33 heteroatoms. The molecule has 0 spiro atoms. The van der Waals surface area contributed by atoms with E-state index in [9.17, 15) is 87.2 Å². The van der Waals surface area contributed by atoms with Gasteiger partial charge in [-0.15, -0.1) is 0 Å². The number of ether oxygens (including phenoxy) is 5. The van der Waals surface area contributed by atoms with Crippen LogP contribution in [-0.4, -0.2) is 278 Å². The first-order valence-corrected chi connectivity index (χ1v) is 28.3. The molecule has 5 heterocycles. The van der Waals surface area contributed by atoms with Crippen molar-refractivity contribution in [3.8, 4) is 0 Å². The molecule has 0 aliphatic carbocycles. The maximum Gasteiger partial charge on any atom is 0.256 e. The Balaban J connectivity index is 0.000000446. The van der Waals surface area contributed by atoms with Crippen molar-refractivity contribution in [1.29, 1.82) is 0 Å². The molecule has 0 saturated heterocycles. The van der Waals surface area contributed by atoms with Gasteiger partial charge in [-0.3, -0.25) is 96.4 Å². The third-order valence-corrected chi connectivity index (χ3v) is 13.0. The van der Waals surface area contributed by atoms with Crippen LogP contribution in [0.25, 0.3) is 0 Å². The first-order valence-electron chi connectivity index (χ1n) is 28.3. The number of hydrogen-bond donors (Lipinski definition) is 8. The predicted molar refractivity (Wildman–Crippen MR) is 302 cm³/mol. The lowest BCUT2D eigenvalue weighted by atomic mass is 10.3. The zero-order valence-corrected chi connectivity index (χ0v) is 49.6. The number of carbonyl (C=O) groups excluding carboxylic acids is 15. The second-order valence-electron chi connectivity index (χ2n) is 20.3. The number of aliphatic hydroxyl groups excluding tert-OH is 3. The summed E-state index contributed by atoms with van der Waals surface area (Å²) in [5.74, 6) is -6.77. The molecule has 8 N–H and O–H groups in total. The fourth-order valence-electron chi connectivity index (χ4n) is 8.14. The quantitative estimate of drug-likeness (QED) is 0.0209. The summed E-state index contributed by atoms with van der Waals surface area (Å²) < 4.78 is 27.4. The Hall–Kier alpha value is -8.57. The number of hydrogen-bond acceptors (Lipinski definition) is 23. The van der Waals surface area contributed by atoms with Gasteiger partial charge >= 0.3 is 0 Å². The van der Waals surface area contributed by atoms with E-state index in [0.717, 1.165) is 24.5 Å². The number of nitrogens with zero attached hydrogens (tertiary/aromatic N) is 5. The van der Waals surface area contributed by atoms with E-state index in [1.165, 1.54) is 63.3 Å². The number of nitrogens with one attached hydrogen (secondary N) is 5. The Kier molecular flexibility index (Phi) is 31.1. The highest BCUT2D eigenvalue weighted by Crippen LogP contribution is 2.15. The third kappa shape index (κ3) is 26.0. The van der Waals surface area contributed by atoms with Crippen LogP contribution in [0.1, 0.15) is 52.9 Å². The lowest BCUT2D eigenvalue weighted by Gasteiger charge is -2.22. The molecule has 5 aliphatic heterocycles. The number of rotatable bonds is 41. The highest BCUT2D eigenvalue weighted by Gasteiger charge is 2.32. The first-order chi connectivity index (χ1) is 42.3. The van der Waals surface area contributed by atoms with Crippen molar-refractivity contribution in [3.05, 3.63) is 59.3 Å². The van der Waals surface area contributed by atoms with Crippen molar-refractivity contribution in [2.75, 3.05) is 125 Å². The monoisotopic (exact) mass is 1260 g/mol. The minimum atomic E-state index is -1.21. The van der Waals surface area contributed by atoms with E-state index in [1.54, 1.807) is 0 Å². The van der Waals surface area contributed by atoms with Crippen molar-refractivity contribution in [2.45, 2.75) is 77.3 Å². The van der Waals surface area contributed by atoms with Crippen LogP contribution in [0.3, 0.4) is 0 Å². The molecular formula is C56H76N10O23. The maximum absolute atomic E-state index is 12.3. The molecule has 5 rings (SSSR count). The van der Waals surface area contributed by atoms with E-state index in [2.05, 4.69) is 26.6 Å². The van der Waals surface area contributed by atoms with Crippen molar-refractivity contribution >= 4 is 88.6 Å². The molecule has 3 atom stereocenters. The number of aliphatic hydroxyl groups is 3. The minimum Gasteiger partial charge on any atom is -0.389 e. The molecule has 0 aromatic rings. The maximum atomic E-state index is 12.3. The van der Waals surface area contributed by atoms with Crippen molar-refractivity contribution in [2.24, 2.45) is 0 Å². The zero-order valence-electron chi connectivity index (χ0n) is 49.6. The van der Waals surface area contributed by atoms with E-state index in [0.29, 0.717) is 13.2 Å². The Bertz CT molecular complexity index is 2630. The van der Waals surface area contributed by atoms with Gasteiger partial charge in [0.2, 0.25) is 29.5 Å². The van der Waals surface area contributed by atoms with Gasteiger partial charge in [-0.2, -0.15) is 0 Å². The average molecular weight is 1260 g/mol. The van der Waals surface area contributed by atoms with Crippen LogP contribution in [-0.2, 0) is 95.6 Å². The Labute approximate surface area is 510 Å². The molecule has 0 aromatic carbocycles. The topological polar surface area (TPSA) is 439 Å². The van der Waals surface area contributed by atoms with Crippen LogP contribution in [0.4, 0.5) is 0 Å². The van der Waals surface area contributed by atoms with Crippen molar-refractivity contribution < 1.29 is 111 Å². The standard InChI is InChI=1S/C36H50N6O15.C20H26N4O8/c1-21-10-31(49)40(34(21)52)7-4-28(46)37-13-24(43)16-55-19-27(57-18-26(45)15-39-30(48)6-9-42-33(51)12-23(3)36(42)54)20-56-17-25(44)14-38-29(47)5-8-41-32(50)11-22(2)35(41)53;25-15(5-9-23-17(27)1-2-18(23)28)21-7-11-31-13-14-32-12-8-22-16(26)6-10-24-19(29)3-4-20(24)30/h10-12,24-27,43-45H,4-9,13-20H2,1-3H3,(H,37,46)(H,38,47)(H,39,48);1-4H,5-14H2,(H,21,25)(H,22,26). The molecule has 89 heavy (non-hydrogen) atoms. The largest absolute Gasteiger partial charge is 0.389 e. The third-order valence-electron chi connectivity index (χ3n) is 13.0. The van der Waals surface area contributed by atoms with E-state index in [4.69, 9.17) is 23.7 Å². The van der Waals surface area contributed by atoms with E-state index >= 15 is 0 Å². The molecule has 33 nitrogen and oxygen atoms in total. The Morgan fingerprint density at radius 1 is 0.371 bits per heavy atom. The summed E-state index contributed by atoms with van der Waals surface area (Å²) in [5, 5.41) is 43.8. The fourth-order valence-corrected chi connectivity index (χ4v) is 8.14. The second kappa shape index (κ2) is 38.0. The summed E-state index contributed by atoms with van der Waals surface area (Å²) in [7, 11) is 0. The molecule has 488 valence electrons. The SMILES string of the molecule is CC1=CC(=O)N(CCC(=O)NCC(O)COCC(COCC(O)CNC(=O)CCN2C(=O)C=C(C)C2=O)OCC(O)CNC(=O)CCN2C(=O)C=C(C)C2=O)C1=O.O=C(CCN1C(=O)C=CC1=O)NCCOCCOCCNC(=O)CCN1C(=O)C=CC1=O. The van der Waals surface area contributed by atoms with Crippen LogP contribution in [0, 0.1) is 0 Å². The number of carbonyl (C=O) groups is 15.